The number of carbonyl (C=O) groups is 1. The van der Waals surface area contributed by atoms with Gasteiger partial charge >= 0.3 is 5.97 Å². The molecule has 20 heavy (non-hydrogen) atoms. The molecule has 104 valence electrons. The van der Waals surface area contributed by atoms with Crippen LogP contribution < -0.4 is 0 Å². The molecule has 0 fully saturated rings. The van der Waals surface area contributed by atoms with Crippen LogP contribution in [0, 0.1) is 12.8 Å². The fourth-order valence-corrected chi connectivity index (χ4v) is 2.74. The topological polar surface area (TPSA) is 55.1 Å². The van der Waals surface area contributed by atoms with Crippen LogP contribution in [0.1, 0.15) is 29.1 Å². The lowest BCUT2D eigenvalue weighted by atomic mass is 9.98. The second-order valence-electron chi connectivity index (χ2n) is 5.51. The van der Waals surface area contributed by atoms with E-state index in [-0.39, 0.29) is 5.92 Å². The van der Waals surface area contributed by atoms with Gasteiger partial charge in [-0.3, -0.25) is 4.79 Å². The van der Waals surface area contributed by atoms with Crippen molar-refractivity contribution in [1.29, 1.82) is 0 Å². The van der Waals surface area contributed by atoms with E-state index >= 15 is 0 Å². The van der Waals surface area contributed by atoms with Gasteiger partial charge in [-0.15, -0.1) is 0 Å². The van der Waals surface area contributed by atoms with E-state index in [0.717, 1.165) is 24.4 Å². The Labute approximate surface area is 118 Å². The molecule has 0 saturated heterocycles. The number of imidazole rings is 1. The summed E-state index contributed by atoms with van der Waals surface area (Å²) in [5.41, 5.74) is 3.61. The van der Waals surface area contributed by atoms with E-state index in [1.807, 2.05) is 6.20 Å². The molecule has 2 aromatic rings. The fourth-order valence-electron chi connectivity index (χ4n) is 2.74. The SMILES string of the molecule is Cc1ccc(Cc2ncc3n2CC(C(=O)O)CC3)cc1. The van der Waals surface area contributed by atoms with Gasteiger partial charge in [-0.2, -0.15) is 0 Å². The Hall–Kier alpha value is -2.10. The summed E-state index contributed by atoms with van der Waals surface area (Å²) < 4.78 is 2.09. The summed E-state index contributed by atoms with van der Waals surface area (Å²) in [6.45, 7) is 2.62. The largest absolute Gasteiger partial charge is 0.481 e. The highest BCUT2D eigenvalue weighted by Crippen LogP contribution is 2.23. The summed E-state index contributed by atoms with van der Waals surface area (Å²) in [5.74, 6) is -0.0195. The number of rotatable bonds is 3. The number of nitrogens with zero attached hydrogens (tertiary/aromatic N) is 2. The van der Waals surface area contributed by atoms with Crippen LogP contribution in [0.15, 0.2) is 30.5 Å². The Morgan fingerprint density at radius 2 is 2.15 bits per heavy atom. The van der Waals surface area contributed by atoms with Crippen LogP contribution in [0.25, 0.3) is 0 Å². The number of carboxylic acids is 1. The van der Waals surface area contributed by atoms with Gasteiger partial charge in [0.2, 0.25) is 0 Å². The van der Waals surface area contributed by atoms with Crippen LogP contribution >= 0.6 is 0 Å². The van der Waals surface area contributed by atoms with Crippen molar-refractivity contribution in [2.24, 2.45) is 5.92 Å². The molecule has 0 bridgehead atoms. The molecule has 0 amide bonds. The third kappa shape index (κ3) is 2.46. The number of aryl methyl sites for hydroxylation is 2. The number of hydrogen-bond acceptors (Lipinski definition) is 2. The maximum atomic E-state index is 11.2. The number of benzene rings is 1. The van der Waals surface area contributed by atoms with Crippen LogP contribution in [0.4, 0.5) is 0 Å². The minimum absolute atomic E-state index is 0.284. The smallest absolute Gasteiger partial charge is 0.308 e. The van der Waals surface area contributed by atoms with Gasteiger partial charge in [0, 0.05) is 24.9 Å². The zero-order valence-corrected chi connectivity index (χ0v) is 11.5. The van der Waals surface area contributed by atoms with Gasteiger partial charge in [0.15, 0.2) is 0 Å². The van der Waals surface area contributed by atoms with Crippen LogP contribution in [0.3, 0.4) is 0 Å². The second kappa shape index (κ2) is 5.12. The van der Waals surface area contributed by atoms with Crippen molar-refractivity contribution >= 4 is 5.97 Å². The monoisotopic (exact) mass is 270 g/mol. The predicted molar refractivity (Wildman–Crippen MR) is 75.7 cm³/mol. The lowest BCUT2D eigenvalue weighted by molar-refractivity contribution is -0.142. The Bertz CT molecular complexity index is 628. The van der Waals surface area contributed by atoms with E-state index in [1.165, 1.54) is 11.1 Å². The predicted octanol–water partition coefficient (Wildman–Crippen LogP) is 2.43. The number of carboxylic acid groups (broad SMARTS) is 1. The van der Waals surface area contributed by atoms with Crippen molar-refractivity contribution < 1.29 is 9.90 Å². The Morgan fingerprint density at radius 1 is 1.40 bits per heavy atom. The van der Waals surface area contributed by atoms with Crippen LogP contribution in [0.2, 0.25) is 0 Å². The number of fused-ring (bicyclic) bond motifs is 1. The first kappa shape index (κ1) is 12.9. The van der Waals surface area contributed by atoms with Gasteiger partial charge in [0.1, 0.15) is 5.82 Å². The van der Waals surface area contributed by atoms with E-state index < -0.39 is 5.97 Å². The average molecular weight is 270 g/mol. The minimum atomic E-state index is -0.703. The van der Waals surface area contributed by atoms with Crippen molar-refractivity contribution in [3.05, 3.63) is 53.1 Å². The van der Waals surface area contributed by atoms with Crippen molar-refractivity contribution in [1.82, 2.24) is 9.55 Å². The van der Waals surface area contributed by atoms with Gasteiger partial charge in [-0.05, 0) is 25.3 Å². The molecule has 4 heteroatoms. The van der Waals surface area contributed by atoms with Crippen molar-refractivity contribution in [3.63, 3.8) is 0 Å². The second-order valence-corrected chi connectivity index (χ2v) is 5.51. The van der Waals surface area contributed by atoms with Crippen LogP contribution in [-0.2, 0) is 24.2 Å². The van der Waals surface area contributed by atoms with E-state index in [1.54, 1.807) is 0 Å². The molecule has 1 atom stereocenters. The molecule has 1 aliphatic heterocycles. The standard InChI is InChI=1S/C16H18N2O2/c1-11-2-4-12(5-3-11)8-15-17-9-14-7-6-13(16(19)20)10-18(14)15/h2-5,9,13H,6-8,10H2,1H3,(H,19,20). The first-order valence-electron chi connectivity index (χ1n) is 6.95. The normalized spacial score (nSPS) is 17.8. The van der Waals surface area contributed by atoms with E-state index in [4.69, 9.17) is 0 Å². The summed E-state index contributed by atoms with van der Waals surface area (Å²) >= 11 is 0. The molecule has 1 N–H and O–H groups in total. The van der Waals surface area contributed by atoms with Gasteiger partial charge < -0.3 is 9.67 Å². The summed E-state index contributed by atoms with van der Waals surface area (Å²) in [6.07, 6.45) is 4.16. The van der Waals surface area contributed by atoms with Gasteiger partial charge in [-0.25, -0.2) is 4.98 Å². The van der Waals surface area contributed by atoms with E-state index in [9.17, 15) is 9.90 Å². The maximum absolute atomic E-state index is 11.2. The summed E-state index contributed by atoms with van der Waals surface area (Å²) in [5, 5.41) is 9.18. The Balaban J connectivity index is 1.83. The highest BCUT2D eigenvalue weighted by atomic mass is 16.4. The third-order valence-corrected chi connectivity index (χ3v) is 4.00. The maximum Gasteiger partial charge on any atom is 0.308 e. The number of hydrogen-bond donors (Lipinski definition) is 1. The molecule has 1 unspecified atom stereocenters. The summed E-state index contributed by atoms with van der Waals surface area (Å²) in [4.78, 5) is 15.6. The molecule has 4 nitrogen and oxygen atoms in total. The highest BCUT2D eigenvalue weighted by molar-refractivity contribution is 5.70. The molecule has 1 aromatic carbocycles. The quantitative estimate of drug-likeness (QED) is 0.932. The molecule has 3 rings (SSSR count). The molecule has 1 aromatic heterocycles. The third-order valence-electron chi connectivity index (χ3n) is 4.00. The van der Waals surface area contributed by atoms with Crippen molar-refractivity contribution in [2.45, 2.75) is 32.7 Å². The molecule has 2 heterocycles. The molecular weight excluding hydrogens is 252 g/mol. The average Bonchev–Trinajstić information content (AvgIpc) is 2.84. The van der Waals surface area contributed by atoms with Crippen LogP contribution in [-0.4, -0.2) is 20.6 Å². The van der Waals surface area contributed by atoms with Crippen molar-refractivity contribution in [2.75, 3.05) is 0 Å². The lowest BCUT2D eigenvalue weighted by Crippen LogP contribution is -2.27. The van der Waals surface area contributed by atoms with Crippen molar-refractivity contribution in [3.8, 4) is 0 Å². The van der Waals surface area contributed by atoms with Crippen LogP contribution in [0.5, 0.6) is 0 Å². The first-order chi connectivity index (χ1) is 9.63. The first-order valence-corrected chi connectivity index (χ1v) is 6.95. The molecule has 1 aliphatic rings. The van der Waals surface area contributed by atoms with E-state index in [2.05, 4.69) is 40.7 Å². The zero-order valence-electron chi connectivity index (χ0n) is 11.5. The van der Waals surface area contributed by atoms with E-state index in [0.29, 0.717) is 13.0 Å². The number of aliphatic carboxylic acids is 1. The fraction of sp³-hybridized carbons (Fsp3) is 0.375. The molecule has 0 radical (unpaired) electrons. The van der Waals surface area contributed by atoms with Gasteiger partial charge in [0.05, 0.1) is 5.92 Å². The zero-order chi connectivity index (χ0) is 14.1. The molecule has 0 saturated carbocycles. The summed E-state index contributed by atoms with van der Waals surface area (Å²) in [6, 6.07) is 8.40. The molecule has 0 spiro atoms. The highest BCUT2D eigenvalue weighted by Gasteiger charge is 2.26. The molecule has 0 aliphatic carbocycles. The Morgan fingerprint density at radius 3 is 2.85 bits per heavy atom. The van der Waals surface area contributed by atoms with Gasteiger partial charge in [-0.1, -0.05) is 29.8 Å². The minimum Gasteiger partial charge on any atom is -0.481 e. The Kier molecular flexibility index (Phi) is 3.30. The summed E-state index contributed by atoms with van der Waals surface area (Å²) in [7, 11) is 0. The lowest BCUT2D eigenvalue weighted by Gasteiger charge is -2.22. The van der Waals surface area contributed by atoms with Gasteiger partial charge in [0.25, 0.3) is 0 Å². The number of aromatic nitrogens is 2. The molecular formula is C16H18N2O2.